The van der Waals surface area contributed by atoms with Gasteiger partial charge >= 0.3 is 18.3 Å². The third-order valence-electron chi connectivity index (χ3n) is 2.55. The predicted octanol–water partition coefficient (Wildman–Crippen LogP) is 2.15. The molecule has 0 aromatic heterocycles. The second kappa shape index (κ2) is 4.99. The first kappa shape index (κ1) is 15.7. The highest BCUT2D eigenvalue weighted by Crippen LogP contribution is 2.38. The number of esters is 1. The van der Waals surface area contributed by atoms with Crippen molar-refractivity contribution in [3.63, 3.8) is 0 Å². The van der Waals surface area contributed by atoms with Gasteiger partial charge in [0, 0.05) is 0 Å². The minimum absolute atomic E-state index is 0.0307. The SMILES string of the molecule is CC(C)(C)OC(=O)OC(=O)[C@@]1(C(F)(F)F)CCCN1. The smallest absolute Gasteiger partial charge is 0.428 e. The quantitative estimate of drug-likeness (QED) is 0.590. The van der Waals surface area contributed by atoms with Gasteiger partial charge in [-0.15, -0.1) is 0 Å². The number of rotatable bonds is 1. The van der Waals surface area contributed by atoms with Gasteiger partial charge in [-0.2, -0.15) is 13.2 Å². The van der Waals surface area contributed by atoms with Crippen molar-refractivity contribution in [1.29, 1.82) is 0 Å². The van der Waals surface area contributed by atoms with Crippen LogP contribution in [0.25, 0.3) is 0 Å². The normalized spacial score (nSPS) is 24.1. The first-order valence-electron chi connectivity index (χ1n) is 5.75. The molecule has 1 aliphatic rings. The van der Waals surface area contributed by atoms with Crippen molar-refractivity contribution < 1.29 is 32.2 Å². The summed E-state index contributed by atoms with van der Waals surface area (Å²) in [5.74, 6) is -1.67. The van der Waals surface area contributed by atoms with E-state index in [0.29, 0.717) is 0 Å². The second-order valence-electron chi connectivity index (χ2n) is 5.29. The Morgan fingerprint density at radius 3 is 2.16 bits per heavy atom. The van der Waals surface area contributed by atoms with Gasteiger partial charge in [-0.3, -0.25) is 5.32 Å². The molecule has 1 saturated heterocycles. The Labute approximate surface area is 108 Å². The van der Waals surface area contributed by atoms with Crippen LogP contribution >= 0.6 is 0 Å². The number of carbonyl (C=O) groups excluding carboxylic acids is 2. The highest BCUT2D eigenvalue weighted by molar-refractivity contribution is 5.90. The third-order valence-corrected chi connectivity index (χ3v) is 2.55. The average molecular weight is 283 g/mol. The van der Waals surface area contributed by atoms with Gasteiger partial charge in [0.25, 0.3) is 0 Å². The molecule has 0 aromatic rings. The lowest BCUT2D eigenvalue weighted by Crippen LogP contribution is -2.60. The molecule has 1 aliphatic heterocycles. The van der Waals surface area contributed by atoms with Crippen molar-refractivity contribution >= 4 is 12.1 Å². The fourth-order valence-corrected chi connectivity index (χ4v) is 1.71. The summed E-state index contributed by atoms with van der Waals surface area (Å²) < 4.78 is 47.6. The van der Waals surface area contributed by atoms with Crippen LogP contribution in [0.4, 0.5) is 18.0 Å². The van der Waals surface area contributed by atoms with Crippen LogP contribution < -0.4 is 5.32 Å². The standard InChI is InChI=1S/C11H16F3NO4/c1-9(2,3)19-8(17)18-7(16)10(11(12,13)14)5-4-6-15-10/h15H,4-6H2,1-3H3/t10-/m1/s1. The monoisotopic (exact) mass is 283 g/mol. The summed E-state index contributed by atoms with van der Waals surface area (Å²) in [7, 11) is 0. The summed E-state index contributed by atoms with van der Waals surface area (Å²) in [4.78, 5) is 22.8. The highest BCUT2D eigenvalue weighted by Gasteiger charge is 2.63. The van der Waals surface area contributed by atoms with Crippen molar-refractivity contribution in [2.24, 2.45) is 0 Å². The number of hydrogen-bond donors (Lipinski definition) is 1. The molecule has 19 heavy (non-hydrogen) atoms. The second-order valence-corrected chi connectivity index (χ2v) is 5.29. The van der Waals surface area contributed by atoms with Crippen LogP contribution in [0.3, 0.4) is 0 Å². The van der Waals surface area contributed by atoms with Crippen LogP contribution in [0.5, 0.6) is 0 Å². The lowest BCUT2D eigenvalue weighted by Gasteiger charge is -2.29. The molecule has 8 heteroatoms. The van der Waals surface area contributed by atoms with Crippen molar-refractivity contribution in [3.05, 3.63) is 0 Å². The average Bonchev–Trinajstić information content (AvgIpc) is 2.61. The third kappa shape index (κ3) is 3.59. The molecule has 0 unspecified atom stereocenters. The van der Waals surface area contributed by atoms with Gasteiger partial charge in [0.2, 0.25) is 5.54 Å². The molecule has 5 nitrogen and oxygen atoms in total. The maximum Gasteiger partial charge on any atom is 0.516 e. The van der Waals surface area contributed by atoms with E-state index in [1.807, 2.05) is 0 Å². The van der Waals surface area contributed by atoms with Crippen molar-refractivity contribution in [2.75, 3.05) is 6.54 Å². The Morgan fingerprint density at radius 1 is 1.21 bits per heavy atom. The van der Waals surface area contributed by atoms with E-state index in [1.165, 1.54) is 20.8 Å². The fraction of sp³-hybridized carbons (Fsp3) is 0.818. The van der Waals surface area contributed by atoms with E-state index in [2.05, 4.69) is 14.8 Å². The molecule has 1 fully saturated rings. The molecule has 110 valence electrons. The Balaban J connectivity index is 2.78. The minimum atomic E-state index is -4.83. The molecule has 0 saturated carbocycles. The van der Waals surface area contributed by atoms with Crippen molar-refractivity contribution in [3.8, 4) is 0 Å². The Kier molecular flexibility index (Phi) is 4.14. The van der Waals surface area contributed by atoms with Gasteiger partial charge in [-0.05, 0) is 40.2 Å². The lowest BCUT2D eigenvalue weighted by atomic mass is 9.97. The van der Waals surface area contributed by atoms with E-state index < -0.39 is 35.9 Å². The van der Waals surface area contributed by atoms with E-state index >= 15 is 0 Å². The molecule has 1 heterocycles. The summed E-state index contributed by atoms with van der Waals surface area (Å²) in [6.07, 6.45) is -6.56. The maximum absolute atomic E-state index is 12.9. The molecule has 0 aromatic carbocycles. The largest absolute Gasteiger partial charge is 0.516 e. The molecule has 0 amide bonds. The Hall–Kier alpha value is -1.31. The molecule has 1 atom stereocenters. The van der Waals surface area contributed by atoms with E-state index in [-0.39, 0.29) is 13.0 Å². The zero-order valence-corrected chi connectivity index (χ0v) is 10.9. The number of halogens is 3. The lowest BCUT2D eigenvalue weighted by molar-refractivity contribution is -0.207. The first-order chi connectivity index (χ1) is 8.48. The molecule has 0 aliphatic carbocycles. The van der Waals surface area contributed by atoms with Gasteiger partial charge in [0.15, 0.2) is 0 Å². The fourth-order valence-electron chi connectivity index (χ4n) is 1.71. The first-order valence-corrected chi connectivity index (χ1v) is 5.75. The Bertz CT molecular complexity index is 367. The minimum Gasteiger partial charge on any atom is -0.428 e. The molecule has 0 bridgehead atoms. The van der Waals surface area contributed by atoms with Crippen molar-refractivity contribution in [2.45, 2.75) is 50.9 Å². The van der Waals surface area contributed by atoms with E-state index in [4.69, 9.17) is 0 Å². The van der Waals surface area contributed by atoms with Crippen LogP contribution in [0.2, 0.25) is 0 Å². The maximum atomic E-state index is 12.9. The number of hydrogen-bond acceptors (Lipinski definition) is 5. The van der Waals surface area contributed by atoms with Gasteiger partial charge in [-0.25, -0.2) is 9.59 Å². The summed E-state index contributed by atoms with van der Waals surface area (Å²) in [6, 6.07) is 0. The molecular weight excluding hydrogens is 267 g/mol. The van der Waals surface area contributed by atoms with Crippen LogP contribution in [-0.2, 0) is 14.3 Å². The zero-order chi connectivity index (χ0) is 14.9. The number of ether oxygens (including phenoxy) is 2. The number of carbonyl (C=O) groups is 2. The summed E-state index contributed by atoms with van der Waals surface area (Å²) in [6.45, 7) is 4.55. The number of nitrogens with one attached hydrogen (secondary N) is 1. The molecular formula is C11H16F3NO4. The van der Waals surface area contributed by atoms with Gasteiger partial charge < -0.3 is 9.47 Å². The highest BCUT2D eigenvalue weighted by atomic mass is 19.4. The van der Waals surface area contributed by atoms with Crippen LogP contribution in [0.1, 0.15) is 33.6 Å². The molecule has 1 N–H and O–H groups in total. The summed E-state index contributed by atoms with van der Waals surface area (Å²) in [5, 5.41) is 2.07. The van der Waals surface area contributed by atoms with Crippen molar-refractivity contribution in [1.82, 2.24) is 5.32 Å². The topological polar surface area (TPSA) is 64.6 Å². The summed E-state index contributed by atoms with van der Waals surface area (Å²) in [5.41, 5.74) is -3.77. The van der Waals surface area contributed by atoms with Gasteiger partial charge in [-0.1, -0.05) is 0 Å². The van der Waals surface area contributed by atoms with Gasteiger partial charge in [0.1, 0.15) is 5.60 Å². The van der Waals surface area contributed by atoms with Gasteiger partial charge in [0.05, 0.1) is 0 Å². The zero-order valence-electron chi connectivity index (χ0n) is 10.9. The van der Waals surface area contributed by atoms with Crippen LogP contribution in [0.15, 0.2) is 0 Å². The van der Waals surface area contributed by atoms with Crippen LogP contribution in [-0.4, -0.2) is 36.0 Å². The summed E-state index contributed by atoms with van der Waals surface area (Å²) >= 11 is 0. The number of alkyl halides is 3. The molecule has 0 spiro atoms. The molecule has 0 radical (unpaired) electrons. The molecule has 1 rings (SSSR count). The van der Waals surface area contributed by atoms with E-state index in [0.717, 1.165) is 0 Å². The van der Waals surface area contributed by atoms with E-state index in [9.17, 15) is 22.8 Å². The van der Waals surface area contributed by atoms with Crippen LogP contribution in [0, 0.1) is 0 Å². The predicted molar refractivity (Wildman–Crippen MR) is 58.3 cm³/mol. The van der Waals surface area contributed by atoms with E-state index in [1.54, 1.807) is 0 Å². The Morgan fingerprint density at radius 2 is 1.79 bits per heavy atom.